The fourth-order valence-corrected chi connectivity index (χ4v) is 3.27. The zero-order valence-electron chi connectivity index (χ0n) is 13.5. The van der Waals surface area contributed by atoms with Crippen LogP contribution in [0.15, 0.2) is 59.5 Å². The fourth-order valence-electron chi connectivity index (χ4n) is 2.14. The summed E-state index contributed by atoms with van der Waals surface area (Å²) in [5.41, 5.74) is -0.198. The third-order valence-electron chi connectivity index (χ3n) is 3.49. The normalized spacial score (nSPS) is 14.0. The molecule has 24 heavy (non-hydrogen) atoms. The maximum atomic E-state index is 12.3. The first-order chi connectivity index (χ1) is 11.2. The molecule has 1 unspecified atom stereocenters. The number of aliphatic hydroxyl groups is 1. The van der Waals surface area contributed by atoms with Crippen LogP contribution < -0.4 is 10.0 Å². The van der Waals surface area contributed by atoms with Crippen LogP contribution in [-0.2, 0) is 20.4 Å². The van der Waals surface area contributed by atoms with Gasteiger partial charge in [0.15, 0.2) is 0 Å². The minimum atomic E-state index is -3.77. The van der Waals surface area contributed by atoms with Crippen molar-refractivity contribution in [3.8, 4) is 0 Å². The molecule has 0 saturated carbocycles. The highest BCUT2D eigenvalue weighted by Crippen LogP contribution is 2.20. The smallest absolute Gasteiger partial charge is 0.240 e. The SMILES string of the molecule is CC(=O)Nc1ccc(S(=O)(=O)NCC(C)(O)c2ccccc2)cc1. The van der Waals surface area contributed by atoms with Crippen molar-refractivity contribution in [2.45, 2.75) is 24.3 Å². The van der Waals surface area contributed by atoms with E-state index < -0.39 is 15.6 Å². The fraction of sp³-hybridized carbons (Fsp3) is 0.235. The first-order valence-electron chi connectivity index (χ1n) is 7.36. The Labute approximate surface area is 141 Å². The van der Waals surface area contributed by atoms with Gasteiger partial charge in [-0.15, -0.1) is 0 Å². The van der Waals surface area contributed by atoms with E-state index in [1.807, 2.05) is 6.07 Å². The molecular formula is C17H20N2O4S. The standard InChI is InChI=1S/C17H20N2O4S/c1-13(20)19-15-8-10-16(11-9-15)24(22,23)18-12-17(2,21)14-6-4-3-5-7-14/h3-11,18,21H,12H2,1-2H3,(H,19,20). The molecule has 6 nitrogen and oxygen atoms in total. The Bertz CT molecular complexity index is 800. The van der Waals surface area contributed by atoms with Gasteiger partial charge in [0, 0.05) is 19.2 Å². The van der Waals surface area contributed by atoms with Gasteiger partial charge in [-0.05, 0) is 36.8 Å². The van der Waals surface area contributed by atoms with Gasteiger partial charge in [0.2, 0.25) is 15.9 Å². The van der Waals surface area contributed by atoms with Crippen LogP contribution in [0.3, 0.4) is 0 Å². The van der Waals surface area contributed by atoms with Crippen molar-refractivity contribution < 1.29 is 18.3 Å². The summed E-state index contributed by atoms with van der Waals surface area (Å²) < 4.78 is 27.1. The lowest BCUT2D eigenvalue weighted by molar-refractivity contribution is -0.114. The zero-order chi connectivity index (χ0) is 17.8. The molecule has 2 rings (SSSR count). The minimum Gasteiger partial charge on any atom is -0.384 e. The first kappa shape index (κ1) is 18.1. The average Bonchev–Trinajstić information content (AvgIpc) is 2.54. The number of carbonyl (C=O) groups is 1. The summed E-state index contributed by atoms with van der Waals surface area (Å²) in [6.07, 6.45) is 0. The van der Waals surface area contributed by atoms with Crippen LogP contribution in [0.25, 0.3) is 0 Å². The Hall–Kier alpha value is -2.22. The van der Waals surface area contributed by atoms with Gasteiger partial charge in [-0.3, -0.25) is 4.79 Å². The zero-order valence-corrected chi connectivity index (χ0v) is 14.3. The molecular weight excluding hydrogens is 328 g/mol. The Morgan fingerprint density at radius 3 is 2.21 bits per heavy atom. The van der Waals surface area contributed by atoms with E-state index in [0.29, 0.717) is 11.3 Å². The number of hydrogen-bond acceptors (Lipinski definition) is 4. The number of rotatable bonds is 6. The lowest BCUT2D eigenvalue weighted by Gasteiger charge is -2.24. The predicted molar refractivity (Wildman–Crippen MR) is 91.9 cm³/mol. The number of benzene rings is 2. The lowest BCUT2D eigenvalue weighted by atomic mass is 9.97. The highest BCUT2D eigenvalue weighted by molar-refractivity contribution is 7.89. The van der Waals surface area contributed by atoms with Gasteiger partial charge in [-0.25, -0.2) is 13.1 Å². The van der Waals surface area contributed by atoms with Crippen LogP contribution in [-0.4, -0.2) is 26.0 Å². The van der Waals surface area contributed by atoms with Crippen molar-refractivity contribution in [3.05, 3.63) is 60.2 Å². The summed E-state index contributed by atoms with van der Waals surface area (Å²) in [7, 11) is -3.77. The van der Waals surface area contributed by atoms with Gasteiger partial charge >= 0.3 is 0 Å². The van der Waals surface area contributed by atoms with Crippen molar-refractivity contribution in [1.29, 1.82) is 0 Å². The molecule has 1 amide bonds. The number of amides is 1. The maximum absolute atomic E-state index is 12.3. The molecule has 0 fully saturated rings. The van der Waals surface area contributed by atoms with Crippen LogP contribution in [0.5, 0.6) is 0 Å². The van der Waals surface area contributed by atoms with Crippen LogP contribution in [0, 0.1) is 0 Å². The van der Waals surface area contributed by atoms with E-state index in [1.165, 1.54) is 31.2 Å². The van der Waals surface area contributed by atoms with Gasteiger partial charge in [0.05, 0.1) is 4.90 Å². The quantitative estimate of drug-likeness (QED) is 0.742. The van der Waals surface area contributed by atoms with E-state index in [0.717, 1.165) is 0 Å². The molecule has 0 aliphatic carbocycles. The third-order valence-corrected chi connectivity index (χ3v) is 4.90. The highest BCUT2D eigenvalue weighted by Gasteiger charge is 2.26. The van der Waals surface area contributed by atoms with Gasteiger partial charge in [-0.2, -0.15) is 0 Å². The van der Waals surface area contributed by atoms with E-state index >= 15 is 0 Å². The monoisotopic (exact) mass is 348 g/mol. The highest BCUT2D eigenvalue weighted by atomic mass is 32.2. The molecule has 0 saturated heterocycles. The van der Waals surface area contributed by atoms with E-state index in [2.05, 4.69) is 10.0 Å². The summed E-state index contributed by atoms with van der Waals surface area (Å²) in [5.74, 6) is -0.234. The molecule has 0 radical (unpaired) electrons. The second-order valence-electron chi connectivity index (χ2n) is 5.67. The topological polar surface area (TPSA) is 95.5 Å². The molecule has 0 spiro atoms. The largest absolute Gasteiger partial charge is 0.384 e. The summed E-state index contributed by atoms with van der Waals surface area (Å²) >= 11 is 0. The number of nitrogens with one attached hydrogen (secondary N) is 2. The van der Waals surface area contributed by atoms with Crippen LogP contribution in [0.1, 0.15) is 19.4 Å². The average molecular weight is 348 g/mol. The summed E-state index contributed by atoms with van der Waals surface area (Å²) in [6.45, 7) is 2.76. The first-order valence-corrected chi connectivity index (χ1v) is 8.84. The second kappa shape index (κ2) is 7.12. The molecule has 2 aromatic rings. The number of sulfonamides is 1. The molecule has 128 valence electrons. The van der Waals surface area contributed by atoms with Crippen molar-refractivity contribution >= 4 is 21.6 Å². The van der Waals surface area contributed by atoms with E-state index in [4.69, 9.17) is 0 Å². The van der Waals surface area contributed by atoms with E-state index in [1.54, 1.807) is 31.2 Å². The summed E-state index contributed by atoms with van der Waals surface area (Å²) in [5, 5.41) is 13.0. The molecule has 7 heteroatoms. The Morgan fingerprint density at radius 1 is 1.08 bits per heavy atom. The molecule has 0 heterocycles. The molecule has 3 N–H and O–H groups in total. The lowest BCUT2D eigenvalue weighted by Crippen LogP contribution is -2.38. The summed E-state index contributed by atoms with van der Waals surface area (Å²) in [4.78, 5) is 11.0. The maximum Gasteiger partial charge on any atom is 0.240 e. The molecule has 2 aromatic carbocycles. The number of hydrogen-bond donors (Lipinski definition) is 3. The summed E-state index contributed by atoms with van der Waals surface area (Å²) in [6, 6.07) is 14.6. The molecule has 1 atom stereocenters. The van der Waals surface area contributed by atoms with Crippen molar-refractivity contribution in [1.82, 2.24) is 4.72 Å². The van der Waals surface area contributed by atoms with Crippen molar-refractivity contribution in [2.75, 3.05) is 11.9 Å². The van der Waals surface area contributed by atoms with Gasteiger partial charge in [0.25, 0.3) is 0 Å². The van der Waals surface area contributed by atoms with Crippen molar-refractivity contribution in [3.63, 3.8) is 0 Å². The van der Waals surface area contributed by atoms with Crippen LogP contribution in [0.2, 0.25) is 0 Å². The molecule has 0 bridgehead atoms. The van der Waals surface area contributed by atoms with Crippen molar-refractivity contribution in [2.24, 2.45) is 0 Å². The number of anilines is 1. The van der Waals surface area contributed by atoms with Crippen LogP contribution in [0.4, 0.5) is 5.69 Å². The Morgan fingerprint density at radius 2 is 1.67 bits per heavy atom. The number of carbonyl (C=O) groups excluding carboxylic acids is 1. The van der Waals surface area contributed by atoms with Crippen LogP contribution >= 0.6 is 0 Å². The molecule has 0 aromatic heterocycles. The van der Waals surface area contributed by atoms with Gasteiger partial charge in [0.1, 0.15) is 5.60 Å². The molecule has 0 aliphatic rings. The third kappa shape index (κ3) is 4.64. The predicted octanol–water partition coefficient (Wildman–Crippen LogP) is 1.83. The van der Waals surface area contributed by atoms with E-state index in [9.17, 15) is 18.3 Å². The Balaban J connectivity index is 2.09. The van der Waals surface area contributed by atoms with Gasteiger partial charge < -0.3 is 10.4 Å². The Kier molecular flexibility index (Phi) is 5.38. The van der Waals surface area contributed by atoms with Gasteiger partial charge in [-0.1, -0.05) is 30.3 Å². The minimum absolute atomic E-state index is 0.0560. The molecule has 0 aliphatic heterocycles. The second-order valence-corrected chi connectivity index (χ2v) is 7.44. The van der Waals surface area contributed by atoms with E-state index in [-0.39, 0.29) is 17.3 Å².